The summed E-state index contributed by atoms with van der Waals surface area (Å²) in [6, 6.07) is -0.624. The van der Waals surface area contributed by atoms with Crippen molar-refractivity contribution in [3.8, 4) is 0 Å². The van der Waals surface area contributed by atoms with Gasteiger partial charge in [0.25, 0.3) is 0 Å². The molecule has 0 saturated heterocycles. The molecule has 0 aromatic carbocycles. The molecule has 0 aliphatic heterocycles. The van der Waals surface area contributed by atoms with Gasteiger partial charge in [-0.25, -0.2) is 0 Å². The molecular formula is C73H141NO5. The van der Waals surface area contributed by atoms with Crippen LogP contribution in [-0.2, 0) is 14.3 Å². The average Bonchev–Trinajstić information content (AvgIpc) is 3.45. The Morgan fingerprint density at radius 2 is 0.595 bits per heavy atom. The van der Waals surface area contributed by atoms with Crippen LogP contribution >= 0.6 is 0 Å². The van der Waals surface area contributed by atoms with Crippen molar-refractivity contribution in [1.82, 2.24) is 5.32 Å². The first-order valence-corrected chi connectivity index (χ1v) is 36.1. The first-order chi connectivity index (χ1) is 39.0. The van der Waals surface area contributed by atoms with Crippen molar-refractivity contribution in [1.29, 1.82) is 0 Å². The Labute approximate surface area is 494 Å². The predicted molar refractivity (Wildman–Crippen MR) is 347 cm³/mol. The second kappa shape index (κ2) is 68.8. The van der Waals surface area contributed by atoms with Crippen molar-refractivity contribution in [2.24, 2.45) is 0 Å². The Bertz CT molecular complexity index is 1230. The molecule has 0 aromatic heterocycles. The monoisotopic (exact) mass is 1110 g/mol. The second-order valence-electron chi connectivity index (χ2n) is 24.9. The molecule has 468 valence electrons. The zero-order valence-electron chi connectivity index (χ0n) is 53.6. The molecule has 0 radical (unpaired) electrons. The second-order valence-corrected chi connectivity index (χ2v) is 24.9. The van der Waals surface area contributed by atoms with E-state index >= 15 is 0 Å². The highest BCUT2D eigenvalue weighted by Crippen LogP contribution is 2.19. The highest BCUT2D eigenvalue weighted by Gasteiger charge is 2.18. The summed E-state index contributed by atoms with van der Waals surface area (Å²) in [6.07, 6.45) is 87.0. The van der Waals surface area contributed by atoms with Gasteiger partial charge in [-0.05, 0) is 57.8 Å². The number of carbonyl (C=O) groups is 2. The van der Waals surface area contributed by atoms with Crippen LogP contribution in [0.3, 0.4) is 0 Å². The molecule has 6 nitrogen and oxygen atoms in total. The molecule has 0 aliphatic carbocycles. The molecule has 0 aliphatic rings. The number of ether oxygens (including phenoxy) is 1. The van der Waals surface area contributed by atoms with E-state index in [9.17, 15) is 19.8 Å². The van der Waals surface area contributed by atoms with E-state index in [-0.39, 0.29) is 18.5 Å². The summed E-state index contributed by atoms with van der Waals surface area (Å²) in [7, 11) is 0. The number of hydrogen-bond acceptors (Lipinski definition) is 5. The number of aliphatic hydroxyl groups is 2. The standard InChI is InChI=1S/C73H141NO5/c1-3-5-7-9-11-13-15-17-19-34-39-43-47-51-55-59-63-67-73(78)79-68-64-60-56-52-48-44-40-36-33-31-29-27-25-23-21-20-22-24-26-28-30-32-35-38-42-46-50-54-58-62-66-72(77)74-70(69-75)71(76)65-61-57-53-49-45-41-37-18-16-14-12-10-8-6-4-2/h17,19,61,65,70-71,75-76H,3-16,18,20-60,62-64,66-69H2,1-2H3,(H,74,77)/b19-17-,65-61+. The number of hydrogen-bond donors (Lipinski definition) is 3. The van der Waals surface area contributed by atoms with Crippen molar-refractivity contribution >= 4 is 11.9 Å². The molecule has 0 fully saturated rings. The maximum absolute atomic E-state index is 12.5. The van der Waals surface area contributed by atoms with Gasteiger partial charge < -0.3 is 20.3 Å². The third-order valence-electron chi connectivity index (χ3n) is 17.0. The summed E-state index contributed by atoms with van der Waals surface area (Å²) < 4.78 is 5.51. The van der Waals surface area contributed by atoms with Gasteiger partial charge in [-0.3, -0.25) is 9.59 Å². The minimum Gasteiger partial charge on any atom is -0.466 e. The molecule has 0 saturated carbocycles. The van der Waals surface area contributed by atoms with Crippen LogP contribution in [0, 0.1) is 0 Å². The van der Waals surface area contributed by atoms with Gasteiger partial charge in [0.1, 0.15) is 0 Å². The first-order valence-electron chi connectivity index (χ1n) is 36.1. The molecule has 79 heavy (non-hydrogen) atoms. The van der Waals surface area contributed by atoms with Crippen LogP contribution in [-0.4, -0.2) is 47.4 Å². The van der Waals surface area contributed by atoms with E-state index in [2.05, 4.69) is 31.3 Å². The van der Waals surface area contributed by atoms with Crippen LogP contribution in [0.15, 0.2) is 24.3 Å². The molecule has 0 spiro atoms. The molecule has 2 unspecified atom stereocenters. The lowest BCUT2D eigenvalue weighted by Gasteiger charge is -2.20. The fourth-order valence-electron chi connectivity index (χ4n) is 11.5. The van der Waals surface area contributed by atoms with E-state index in [1.807, 2.05) is 6.08 Å². The minimum absolute atomic E-state index is 0.0172. The topological polar surface area (TPSA) is 95.9 Å². The zero-order chi connectivity index (χ0) is 57.1. The average molecular weight is 1110 g/mol. The van der Waals surface area contributed by atoms with Crippen LogP contribution in [0.1, 0.15) is 406 Å². The van der Waals surface area contributed by atoms with Crippen LogP contribution < -0.4 is 5.32 Å². The lowest BCUT2D eigenvalue weighted by Crippen LogP contribution is -2.45. The van der Waals surface area contributed by atoms with Crippen LogP contribution in [0.2, 0.25) is 0 Å². The summed E-state index contributed by atoms with van der Waals surface area (Å²) in [5.41, 5.74) is 0. The summed E-state index contributed by atoms with van der Waals surface area (Å²) in [6.45, 7) is 4.93. The van der Waals surface area contributed by atoms with Gasteiger partial charge in [-0.15, -0.1) is 0 Å². The third-order valence-corrected chi connectivity index (χ3v) is 17.0. The molecule has 0 heterocycles. The Morgan fingerprint density at radius 3 is 0.899 bits per heavy atom. The Balaban J connectivity index is 3.33. The van der Waals surface area contributed by atoms with Crippen molar-refractivity contribution in [2.75, 3.05) is 13.2 Å². The summed E-state index contributed by atoms with van der Waals surface area (Å²) in [5.74, 6) is -0.0443. The SMILES string of the molecule is CCCCCCCC/C=C\CCCCCCCCCC(=O)OCCCCCCCCCCCCCCCCCCCCCCCCCCCCCCCCC(=O)NC(CO)C(O)/C=C/CCCCCCCCCCCCCCC. The van der Waals surface area contributed by atoms with Gasteiger partial charge in [0.15, 0.2) is 0 Å². The van der Waals surface area contributed by atoms with E-state index < -0.39 is 12.1 Å². The molecule has 6 heteroatoms. The maximum atomic E-state index is 12.5. The highest BCUT2D eigenvalue weighted by atomic mass is 16.5. The summed E-state index contributed by atoms with van der Waals surface area (Å²) in [4.78, 5) is 24.6. The van der Waals surface area contributed by atoms with Gasteiger partial charge in [-0.1, -0.05) is 359 Å². The van der Waals surface area contributed by atoms with Gasteiger partial charge in [0.05, 0.1) is 25.4 Å². The first kappa shape index (κ1) is 77.3. The Hall–Kier alpha value is -1.66. The number of rotatable bonds is 68. The van der Waals surface area contributed by atoms with Crippen molar-refractivity contribution in [3.63, 3.8) is 0 Å². The van der Waals surface area contributed by atoms with E-state index in [0.717, 1.165) is 44.9 Å². The van der Waals surface area contributed by atoms with E-state index in [4.69, 9.17) is 4.74 Å². The fraction of sp³-hybridized carbons (Fsp3) is 0.918. The number of nitrogens with one attached hydrogen (secondary N) is 1. The van der Waals surface area contributed by atoms with E-state index in [1.54, 1.807) is 6.08 Å². The molecule has 0 bridgehead atoms. The Kier molecular flexibility index (Phi) is 67.4. The lowest BCUT2D eigenvalue weighted by molar-refractivity contribution is -0.143. The number of unbranched alkanes of at least 4 members (excludes halogenated alkanes) is 55. The number of amides is 1. The summed E-state index contributed by atoms with van der Waals surface area (Å²) in [5, 5.41) is 23.2. The van der Waals surface area contributed by atoms with Gasteiger partial charge >= 0.3 is 5.97 Å². The predicted octanol–water partition coefficient (Wildman–Crippen LogP) is 23.3. The fourth-order valence-corrected chi connectivity index (χ4v) is 11.5. The van der Waals surface area contributed by atoms with Gasteiger partial charge in [0, 0.05) is 12.8 Å². The lowest BCUT2D eigenvalue weighted by atomic mass is 10.0. The maximum Gasteiger partial charge on any atom is 0.305 e. The molecule has 2 atom stereocenters. The van der Waals surface area contributed by atoms with Gasteiger partial charge in [0.2, 0.25) is 5.91 Å². The smallest absolute Gasteiger partial charge is 0.305 e. The Morgan fingerprint density at radius 1 is 0.342 bits per heavy atom. The third kappa shape index (κ3) is 65.4. The zero-order valence-corrected chi connectivity index (χ0v) is 53.6. The minimum atomic E-state index is -0.841. The quantitative estimate of drug-likeness (QED) is 0.0320. The van der Waals surface area contributed by atoms with Crippen LogP contribution in [0.25, 0.3) is 0 Å². The molecule has 3 N–H and O–H groups in total. The van der Waals surface area contributed by atoms with Crippen LogP contribution in [0.5, 0.6) is 0 Å². The van der Waals surface area contributed by atoms with Crippen LogP contribution in [0.4, 0.5) is 0 Å². The number of aliphatic hydroxyl groups excluding tert-OH is 2. The van der Waals surface area contributed by atoms with Crippen molar-refractivity contribution < 1.29 is 24.5 Å². The normalized spacial score (nSPS) is 12.6. The highest BCUT2D eigenvalue weighted by molar-refractivity contribution is 5.76. The largest absolute Gasteiger partial charge is 0.466 e. The molecular weight excluding hydrogens is 971 g/mol. The van der Waals surface area contributed by atoms with Crippen molar-refractivity contribution in [3.05, 3.63) is 24.3 Å². The molecule has 1 amide bonds. The van der Waals surface area contributed by atoms with Gasteiger partial charge in [-0.2, -0.15) is 0 Å². The number of carbonyl (C=O) groups excluding carboxylic acids is 2. The van der Waals surface area contributed by atoms with Crippen molar-refractivity contribution in [2.45, 2.75) is 418 Å². The van der Waals surface area contributed by atoms with E-state index in [0.29, 0.717) is 19.4 Å². The van der Waals surface area contributed by atoms with E-state index in [1.165, 1.54) is 334 Å². The number of esters is 1. The molecule has 0 rings (SSSR count). The number of allylic oxidation sites excluding steroid dienone is 3. The molecule has 0 aromatic rings. The summed E-state index contributed by atoms with van der Waals surface area (Å²) >= 11 is 0.